The van der Waals surface area contributed by atoms with E-state index in [0.29, 0.717) is 24.1 Å². The van der Waals surface area contributed by atoms with Crippen molar-refractivity contribution in [3.8, 4) is 0 Å². The Kier molecular flexibility index (Phi) is 4.36. The molecule has 1 saturated heterocycles. The Bertz CT molecular complexity index is 395. The van der Waals surface area contributed by atoms with Crippen LogP contribution in [0.5, 0.6) is 0 Å². The molecular formula is C13H22N4O. The largest absolute Gasteiger partial charge is 0.317 e. The van der Waals surface area contributed by atoms with Crippen LogP contribution in [0.1, 0.15) is 26.2 Å². The van der Waals surface area contributed by atoms with E-state index in [-0.39, 0.29) is 5.91 Å². The Morgan fingerprint density at radius 3 is 2.94 bits per heavy atom. The van der Waals surface area contributed by atoms with E-state index in [4.69, 9.17) is 0 Å². The van der Waals surface area contributed by atoms with Crippen molar-refractivity contribution in [1.29, 1.82) is 0 Å². The maximum atomic E-state index is 11.9. The van der Waals surface area contributed by atoms with Crippen LogP contribution in [-0.4, -0.2) is 28.8 Å². The molecule has 1 aliphatic rings. The van der Waals surface area contributed by atoms with Crippen molar-refractivity contribution in [2.24, 2.45) is 18.9 Å². The SMILES string of the molecule is CC(CC(=O)Nc1ccn(C)n1)C1CCNCC1. The highest BCUT2D eigenvalue weighted by Crippen LogP contribution is 2.24. The van der Waals surface area contributed by atoms with Gasteiger partial charge in [-0.1, -0.05) is 6.92 Å². The van der Waals surface area contributed by atoms with Gasteiger partial charge in [-0.15, -0.1) is 0 Å². The number of anilines is 1. The van der Waals surface area contributed by atoms with Crippen LogP contribution in [-0.2, 0) is 11.8 Å². The maximum absolute atomic E-state index is 11.9. The van der Waals surface area contributed by atoms with E-state index in [0.717, 1.165) is 13.1 Å². The van der Waals surface area contributed by atoms with Crippen LogP contribution in [0.25, 0.3) is 0 Å². The van der Waals surface area contributed by atoms with E-state index in [1.165, 1.54) is 12.8 Å². The number of aryl methyl sites for hydroxylation is 1. The molecule has 1 aliphatic heterocycles. The Hall–Kier alpha value is -1.36. The first-order chi connectivity index (χ1) is 8.65. The first-order valence-corrected chi connectivity index (χ1v) is 6.65. The molecule has 5 heteroatoms. The Morgan fingerprint density at radius 2 is 2.33 bits per heavy atom. The van der Waals surface area contributed by atoms with Gasteiger partial charge in [0.25, 0.3) is 0 Å². The molecule has 0 aromatic carbocycles. The molecule has 0 bridgehead atoms. The molecule has 1 aromatic rings. The summed E-state index contributed by atoms with van der Waals surface area (Å²) in [6.45, 7) is 4.34. The highest BCUT2D eigenvalue weighted by molar-refractivity contribution is 5.89. The van der Waals surface area contributed by atoms with Crippen LogP contribution in [0.4, 0.5) is 5.82 Å². The fraction of sp³-hybridized carbons (Fsp3) is 0.692. The fourth-order valence-electron chi connectivity index (χ4n) is 2.55. The molecule has 18 heavy (non-hydrogen) atoms. The normalized spacial score (nSPS) is 18.6. The van der Waals surface area contributed by atoms with Crippen LogP contribution in [0.15, 0.2) is 12.3 Å². The molecule has 1 unspecified atom stereocenters. The molecule has 1 aromatic heterocycles. The monoisotopic (exact) mass is 250 g/mol. The number of nitrogens with zero attached hydrogens (tertiary/aromatic N) is 2. The number of aromatic nitrogens is 2. The predicted molar refractivity (Wildman–Crippen MR) is 71.2 cm³/mol. The van der Waals surface area contributed by atoms with E-state index in [1.54, 1.807) is 4.68 Å². The van der Waals surface area contributed by atoms with Crippen LogP contribution in [0.3, 0.4) is 0 Å². The van der Waals surface area contributed by atoms with Gasteiger partial charge in [-0.05, 0) is 37.8 Å². The number of piperidine rings is 1. The number of nitrogens with one attached hydrogen (secondary N) is 2. The van der Waals surface area contributed by atoms with E-state index in [9.17, 15) is 4.79 Å². The summed E-state index contributed by atoms with van der Waals surface area (Å²) in [5.41, 5.74) is 0. The second-order valence-electron chi connectivity index (χ2n) is 5.19. The summed E-state index contributed by atoms with van der Waals surface area (Å²) in [4.78, 5) is 11.9. The minimum atomic E-state index is 0.0692. The van der Waals surface area contributed by atoms with Crippen LogP contribution < -0.4 is 10.6 Å². The second-order valence-corrected chi connectivity index (χ2v) is 5.19. The van der Waals surface area contributed by atoms with Gasteiger partial charge in [-0.2, -0.15) is 5.10 Å². The number of hydrogen-bond acceptors (Lipinski definition) is 3. The van der Waals surface area contributed by atoms with Crippen molar-refractivity contribution in [2.75, 3.05) is 18.4 Å². The molecule has 0 saturated carbocycles. The van der Waals surface area contributed by atoms with E-state index in [1.807, 2.05) is 19.3 Å². The number of rotatable bonds is 4. The van der Waals surface area contributed by atoms with Gasteiger partial charge in [0.15, 0.2) is 5.82 Å². The summed E-state index contributed by atoms with van der Waals surface area (Å²) in [5, 5.41) is 10.3. The highest BCUT2D eigenvalue weighted by atomic mass is 16.1. The molecule has 0 radical (unpaired) electrons. The maximum Gasteiger partial charge on any atom is 0.225 e. The molecule has 2 rings (SSSR count). The van der Waals surface area contributed by atoms with Crippen molar-refractivity contribution in [3.05, 3.63) is 12.3 Å². The lowest BCUT2D eigenvalue weighted by Crippen LogP contribution is -2.32. The minimum Gasteiger partial charge on any atom is -0.317 e. The lowest BCUT2D eigenvalue weighted by atomic mass is 9.84. The number of hydrogen-bond donors (Lipinski definition) is 2. The fourth-order valence-corrected chi connectivity index (χ4v) is 2.55. The first kappa shape index (κ1) is 13.1. The average molecular weight is 250 g/mol. The second kappa shape index (κ2) is 6.00. The zero-order chi connectivity index (χ0) is 13.0. The lowest BCUT2D eigenvalue weighted by molar-refractivity contribution is -0.117. The number of amides is 1. The molecule has 2 heterocycles. The van der Waals surface area contributed by atoms with Crippen molar-refractivity contribution in [1.82, 2.24) is 15.1 Å². The lowest BCUT2D eigenvalue weighted by Gasteiger charge is -2.27. The summed E-state index contributed by atoms with van der Waals surface area (Å²) in [6, 6.07) is 1.81. The molecule has 0 spiro atoms. The Labute approximate surface area is 108 Å². The van der Waals surface area contributed by atoms with E-state index < -0.39 is 0 Å². The molecule has 100 valence electrons. The summed E-state index contributed by atoms with van der Waals surface area (Å²) in [5.74, 6) is 1.82. The standard InChI is InChI=1S/C13H22N4O/c1-10(11-3-6-14-7-4-11)9-13(18)15-12-5-8-17(2)16-12/h5,8,10-11,14H,3-4,6-7,9H2,1-2H3,(H,15,16,18). The van der Waals surface area contributed by atoms with Crippen molar-refractivity contribution < 1.29 is 4.79 Å². The highest BCUT2D eigenvalue weighted by Gasteiger charge is 2.22. The molecule has 2 N–H and O–H groups in total. The van der Waals surface area contributed by atoms with Gasteiger partial charge in [0, 0.05) is 25.7 Å². The third kappa shape index (κ3) is 3.57. The van der Waals surface area contributed by atoms with E-state index in [2.05, 4.69) is 22.7 Å². The van der Waals surface area contributed by atoms with Crippen molar-refractivity contribution in [3.63, 3.8) is 0 Å². The zero-order valence-electron chi connectivity index (χ0n) is 11.1. The molecule has 5 nitrogen and oxygen atoms in total. The molecule has 1 fully saturated rings. The Morgan fingerprint density at radius 1 is 1.61 bits per heavy atom. The minimum absolute atomic E-state index is 0.0692. The topological polar surface area (TPSA) is 59.0 Å². The zero-order valence-corrected chi connectivity index (χ0v) is 11.1. The average Bonchev–Trinajstić information content (AvgIpc) is 2.75. The van der Waals surface area contributed by atoms with Gasteiger partial charge in [-0.3, -0.25) is 9.48 Å². The third-order valence-corrected chi connectivity index (χ3v) is 3.68. The number of carbonyl (C=O) groups excluding carboxylic acids is 1. The smallest absolute Gasteiger partial charge is 0.225 e. The Balaban J connectivity index is 1.79. The first-order valence-electron chi connectivity index (χ1n) is 6.65. The van der Waals surface area contributed by atoms with Gasteiger partial charge in [-0.25, -0.2) is 0 Å². The molecular weight excluding hydrogens is 228 g/mol. The summed E-state index contributed by atoms with van der Waals surface area (Å²) < 4.78 is 1.69. The summed E-state index contributed by atoms with van der Waals surface area (Å²) in [7, 11) is 1.84. The van der Waals surface area contributed by atoms with Crippen LogP contribution in [0, 0.1) is 11.8 Å². The van der Waals surface area contributed by atoms with Crippen LogP contribution >= 0.6 is 0 Å². The quantitative estimate of drug-likeness (QED) is 0.849. The van der Waals surface area contributed by atoms with Gasteiger partial charge >= 0.3 is 0 Å². The summed E-state index contributed by atoms with van der Waals surface area (Å²) in [6.07, 6.45) is 4.77. The van der Waals surface area contributed by atoms with Crippen LogP contribution in [0.2, 0.25) is 0 Å². The van der Waals surface area contributed by atoms with E-state index >= 15 is 0 Å². The van der Waals surface area contributed by atoms with Gasteiger partial charge < -0.3 is 10.6 Å². The molecule has 0 aliphatic carbocycles. The van der Waals surface area contributed by atoms with Gasteiger partial charge in [0.05, 0.1) is 0 Å². The van der Waals surface area contributed by atoms with Gasteiger partial charge in [0.2, 0.25) is 5.91 Å². The van der Waals surface area contributed by atoms with Crippen molar-refractivity contribution in [2.45, 2.75) is 26.2 Å². The third-order valence-electron chi connectivity index (χ3n) is 3.68. The summed E-state index contributed by atoms with van der Waals surface area (Å²) >= 11 is 0. The predicted octanol–water partition coefficient (Wildman–Crippen LogP) is 1.38. The molecule has 1 atom stereocenters. The number of carbonyl (C=O) groups is 1. The van der Waals surface area contributed by atoms with Crippen molar-refractivity contribution >= 4 is 11.7 Å². The molecule has 1 amide bonds. The van der Waals surface area contributed by atoms with Gasteiger partial charge in [0.1, 0.15) is 0 Å².